The van der Waals surface area contributed by atoms with E-state index in [1.54, 1.807) is 0 Å². The van der Waals surface area contributed by atoms with Crippen molar-refractivity contribution in [3.8, 4) is 0 Å². The molecule has 7 nitrogen and oxygen atoms in total. The van der Waals surface area contributed by atoms with E-state index in [0.717, 1.165) is 64.2 Å². The minimum atomic E-state index is 0.238. The molecule has 0 aromatic rings. The van der Waals surface area contributed by atoms with Crippen LogP contribution in [0, 0.1) is 5.92 Å². The van der Waals surface area contributed by atoms with Gasteiger partial charge in [0.15, 0.2) is 5.96 Å². The number of morpholine rings is 1. The molecule has 0 spiro atoms. The summed E-state index contributed by atoms with van der Waals surface area (Å²) in [6.07, 6.45) is 4.01. The highest BCUT2D eigenvalue weighted by molar-refractivity contribution is 5.80. The normalized spacial score (nSPS) is 23.0. The zero-order valence-electron chi connectivity index (χ0n) is 15.6. The van der Waals surface area contributed by atoms with Gasteiger partial charge in [-0.05, 0) is 19.3 Å². The van der Waals surface area contributed by atoms with Crippen LogP contribution in [0.1, 0.15) is 26.2 Å². The van der Waals surface area contributed by atoms with Crippen molar-refractivity contribution in [1.29, 1.82) is 0 Å². The summed E-state index contributed by atoms with van der Waals surface area (Å²) in [6.45, 7) is 11.0. The van der Waals surface area contributed by atoms with Crippen LogP contribution < -0.4 is 5.32 Å². The minimum absolute atomic E-state index is 0.238. The lowest BCUT2D eigenvalue weighted by atomic mass is 10.3. The molecular formula is C18H33N5O2. The Morgan fingerprint density at radius 2 is 1.80 bits per heavy atom. The molecule has 2 saturated heterocycles. The number of hydrogen-bond acceptors (Lipinski definition) is 4. The number of nitrogens with one attached hydrogen (secondary N) is 1. The molecule has 1 amide bonds. The Hall–Kier alpha value is -1.34. The van der Waals surface area contributed by atoms with Gasteiger partial charge in [-0.15, -0.1) is 0 Å². The van der Waals surface area contributed by atoms with Gasteiger partial charge in [-0.2, -0.15) is 0 Å². The molecule has 0 aromatic carbocycles. The zero-order valence-corrected chi connectivity index (χ0v) is 15.6. The first-order valence-corrected chi connectivity index (χ1v) is 9.87. The van der Waals surface area contributed by atoms with Crippen LogP contribution in [0.4, 0.5) is 0 Å². The molecule has 0 bridgehead atoms. The lowest BCUT2D eigenvalue weighted by Gasteiger charge is -2.37. The van der Waals surface area contributed by atoms with E-state index in [1.807, 2.05) is 4.90 Å². The molecule has 142 valence electrons. The third-order valence-corrected chi connectivity index (χ3v) is 5.23. The molecule has 0 aromatic heterocycles. The number of guanidine groups is 1. The van der Waals surface area contributed by atoms with Gasteiger partial charge in [-0.1, -0.05) is 12.8 Å². The molecule has 7 heteroatoms. The van der Waals surface area contributed by atoms with Crippen LogP contribution in [0.2, 0.25) is 0 Å². The average Bonchev–Trinajstić information content (AvgIpc) is 3.47. The van der Waals surface area contributed by atoms with Gasteiger partial charge in [0.1, 0.15) is 0 Å². The van der Waals surface area contributed by atoms with Crippen LogP contribution in [0.3, 0.4) is 0 Å². The Morgan fingerprint density at radius 3 is 2.44 bits per heavy atom. The van der Waals surface area contributed by atoms with Crippen molar-refractivity contribution in [1.82, 2.24) is 20.0 Å². The summed E-state index contributed by atoms with van der Waals surface area (Å²) in [7, 11) is 0. The third kappa shape index (κ3) is 5.85. The minimum Gasteiger partial charge on any atom is -0.378 e. The molecular weight excluding hydrogens is 318 g/mol. The lowest BCUT2D eigenvalue weighted by Crippen LogP contribution is -2.54. The fourth-order valence-electron chi connectivity index (χ4n) is 3.41. The van der Waals surface area contributed by atoms with E-state index in [4.69, 9.17) is 9.73 Å². The number of ether oxygens (including phenoxy) is 1. The Kier molecular flexibility index (Phi) is 6.93. The Balaban J connectivity index is 1.41. The number of rotatable bonds is 6. The monoisotopic (exact) mass is 351 g/mol. The number of nitrogens with zero attached hydrogens (tertiary/aromatic N) is 4. The molecule has 2 heterocycles. The molecule has 1 aliphatic carbocycles. The highest BCUT2D eigenvalue weighted by atomic mass is 16.5. The van der Waals surface area contributed by atoms with Crippen molar-refractivity contribution in [2.75, 3.05) is 72.1 Å². The summed E-state index contributed by atoms with van der Waals surface area (Å²) in [4.78, 5) is 23.7. The summed E-state index contributed by atoms with van der Waals surface area (Å²) in [5.74, 6) is 2.21. The van der Waals surface area contributed by atoms with Gasteiger partial charge in [0.25, 0.3) is 0 Å². The molecule has 3 fully saturated rings. The van der Waals surface area contributed by atoms with Crippen molar-refractivity contribution in [2.45, 2.75) is 26.2 Å². The van der Waals surface area contributed by atoms with Crippen LogP contribution in [-0.2, 0) is 9.53 Å². The van der Waals surface area contributed by atoms with Gasteiger partial charge in [0.2, 0.25) is 5.91 Å². The van der Waals surface area contributed by atoms with E-state index < -0.39 is 0 Å². The molecule has 3 rings (SSSR count). The Bertz CT molecular complexity index is 452. The second kappa shape index (κ2) is 9.38. The zero-order chi connectivity index (χ0) is 17.5. The highest BCUT2D eigenvalue weighted by Gasteiger charge is 2.24. The summed E-state index contributed by atoms with van der Waals surface area (Å²) in [6, 6.07) is 0. The van der Waals surface area contributed by atoms with E-state index >= 15 is 0 Å². The summed E-state index contributed by atoms with van der Waals surface area (Å²) in [5.41, 5.74) is 0. The molecule has 0 atom stereocenters. The van der Waals surface area contributed by atoms with Gasteiger partial charge in [0.05, 0.1) is 19.8 Å². The van der Waals surface area contributed by atoms with Crippen molar-refractivity contribution in [3.63, 3.8) is 0 Å². The van der Waals surface area contributed by atoms with E-state index in [1.165, 1.54) is 19.3 Å². The average molecular weight is 351 g/mol. The predicted octanol–water partition coefficient (Wildman–Crippen LogP) is 0.228. The molecule has 3 aliphatic rings. The van der Waals surface area contributed by atoms with Gasteiger partial charge in [0, 0.05) is 52.4 Å². The summed E-state index contributed by atoms with van der Waals surface area (Å²) < 4.78 is 5.32. The smallest absolute Gasteiger partial charge is 0.236 e. The van der Waals surface area contributed by atoms with Crippen molar-refractivity contribution in [3.05, 3.63) is 0 Å². The fraction of sp³-hybridized carbons (Fsp3) is 0.889. The Morgan fingerprint density at radius 1 is 1.08 bits per heavy atom. The van der Waals surface area contributed by atoms with Crippen molar-refractivity contribution in [2.24, 2.45) is 10.9 Å². The van der Waals surface area contributed by atoms with Gasteiger partial charge in [-0.3, -0.25) is 14.7 Å². The standard InChI is InChI=1S/C18H33N5O2/c1-2-19-18(20-6-5-16-3-4-16)23-9-7-21(8-10-23)15-17(24)22-11-13-25-14-12-22/h16H,2-15H2,1H3,(H,19,20). The predicted molar refractivity (Wildman–Crippen MR) is 98.7 cm³/mol. The number of amides is 1. The molecule has 2 aliphatic heterocycles. The SMILES string of the molecule is CCNC(=NCCC1CC1)N1CCN(CC(=O)N2CCOCC2)CC1. The van der Waals surface area contributed by atoms with Gasteiger partial charge >= 0.3 is 0 Å². The van der Waals surface area contributed by atoms with E-state index in [0.29, 0.717) is 19.8 Å². The first kappa shape index (κ1) is 18.5. The van der Waals surface area contributed by atoms with Crippen molar-refractivity contribution >= 4 is 11.9 Å². The number of carbonyl (C=O) groups is 1. The van der Waals surface area contributed by atoms with Crippen LogP contribution in [0.15, 0.2) is 4.99 Å². The van der Waals surface area contributed by atoms with Crippen LogP contribution in [-0.4, -0.2) is 98.7 Å². The Labute approximate surface area is 151 Å². The second-order valence-corrected chi connectivity index (χ2v) is 7.22. The maximum Gasteiger partial charge on any atom is 0.236 e. The summed E-state index contributed by atoms with van der Waals surface area (Å²) >= 11 is 0. The highest BCUT2D eigenvalue weighted by Crippen LogP contribution is 2.32. The number of aliphatic imine (C=N–C) groups is 1. The first-order valence-electron chi connectivity index (χ1n) is 9.87. The van der Waals surface area contributed by atoms with Gasteiger partial charge in [-0.25, -0.2) is 0 Å². The first-order chi connectivity index (χ1) is 12.3. The van der Waals surface area contributed by atoms with Gasteiger partial charge < -0.3 is 19.9 Å². The van der Waals surface area contributed by atoms with Crippen LogP contribution in [0.5, 0.6) is 0 Å². The second-order valence-electron chi connectivity index (χ2n) is 7.22. The van der Waals surface area contributed by atoms with E-state index in [9.17, 15) is 4.79 Å². The molecule has 0 radical (unpaired) electrons. The molecule has 0 unspecified atom stereocenters. The van der Waals surface area contributed by atoms with E-state index in [-0.39, 0.29) is 5.91 Å². The third-order valence-electron chi connectivity index (χ3n) is 5.23. The maximum atomic E-state index is 12.4. The summed E-state index contributed by atoms with van der Waals surface area (Å²) in [5, 5.41) is 3.42. The molecule has 25 heavy (non-hydrogen) atoms. The van der Waals surface area contributed by atoms with Crippen molar-refractivity contribution < 1.29 is 9.53 Å². The van der Waals surface area contributed by atoms with Crippen LogP contribution in [0.25, 0.3) is 0 Å². The largest absolute Gasteiger partial charge is 0.378 e. The number of hydrogen-bond donors (Lipinski definition) is 1. The fourth-order valence-corrected chi connectivity index (χ4v) is 3.41. The maximum absolute atomic E-state index is 12.4. The van der Waals surface area contributed by atoms with E-state index in [2.05, 4.69) is 22.0 Å². The number of piperazine rings is 1. The molecule has 1 saturated carbocycles. The lowest BCUT2D eigenvalue weighted by molar-refractivity contribution is -0.136. The topological polar surface area (TPSA) is 60.4 Å². The quantitative estimate of drug-likeness (QED) is 0.548. The number of carbonyl (C=O) groups excluding carboxylic acids is 1. The van der Waals surface area contributed by atoms with Crippen LogP contribution >= 0.6 is 0 Å². The molecule has 1 N–H and O–H groups in total.